The highest BCUT2D eigenvalue weighted by molar-refractivity contribution is 6.03. The van der Waals surface area contributed by atoms with E-state index in [-0.39, 0.29) is 5.91 Å². The molecule has 1 amide bonds. The molecule has 0 aliphatic carbocycles. The first-order valence-electron chi connectivity index (χ1n) is 8.53. The number of carbonyl (C=O) groups excluding carboxylic acids is 1. The maximum Gasteiger partial charge on any atom is 0.274 e. The fraction of sp³-hybridized carbons (Fsp3) is 0.190. The number of nitrogens with zero attached hydrogens (tertiary/aromatic N) is 2. The summed E-state index contributed by atoms with van der Waals surface area (Å²) >= 11 is 0. The number of hydrogen-bond donors (Lipinski definition) is 2. The van der Waals surface area contributed by atoms with Crippen molar-refractivity contribution >= 4 is 17.5 Å². The summed E-state index contributed by atoms with van der Waals surface area (Å²) in [6.45, 7) is 6.46. The molecule has 1 aromatic heterocycles. The molecule has 0 saturated heterocycles. The van der Waals surface area contributed by atoms with Crippen molar-refractivity contribution in [1.82, 2.24) is 9.97 Å². The Labute approximate surface area is 153 Å². The first-order valence-corrected chi connectivity index (χ1v) is 8.53. The summed E-state index contributed by atoms with van der Waals surface area (Å²) in [6, 6.07) is 17.6. The molecular weight excluding hydrogens is 324 g/mol. The van der Waals surface area contributed by atoms with Gasteiger partial charge < -0.3 is 10.6 Å². The Kier molecular flexibility index (Phi) is 5.27. The van der Waals surface area contributed by atoms with Crippen LogP contribution in [0.2, 0.25) is 0 Å². The molecule has 5 nitrogen and oxygen atoms in total. The third kappa shape index (κ3) is 4.45. The molecule has 0 bridgehead atoms. The molecule has 5 heteroatoms. The fourth-order valence-corrected chi connectivity index (χ4v) is 2.55. The van der Waals surface area contributed by atoms with Crippen molar-refractivity contribution in [2.45, 2.75) is 27.3 Å². The van der Waals surface area contributed by atoms with Gasteiger partial charge in [0.05, 0.1) is 0 Å². The second-order valence-corrected chi connectivity index (χ2v) is 6.33. The molecule has 0 aliphatic rings. The van der Waals surface area contributed by atoms with Gasteiger partial charge in [-0.25, -0.2) is 9.97 Å². The molecule has 3 aromatic rings. The first kappa shape index (κ1) is 17.6. The Morgan fingerprint density at radius 1 is 0.962 bits per heavy atom. The summed E-state index contributed by atoms with van der Waals surface area (Å²) < 4.78 is 0. The lowest BCUT2D eigenvalue weighted by Gasteiger charge is -2.10. The van der Waals surface area contributed by atoms with Crippen molar-refractivity contribution in [3.63, 3.8) is 0 Å². The van der Waals surface area contributed by atoms with Crippen LogP contribution in [0.3, 0.4) is 0 Å². The van der Waals surface area contributed by atoms with Crippen LogP contribution >= 0.6 is 0 Å². The maximum absolute atomic E-state index is 12.6. The predicted octanol–water partition coefficient (Wildman–Crippen LogP) is 4.27. The van der Waals surface area contributed by atoms with E-state index in [9.17, 15) is 4.79 Å². The van der Waals surface area contributed by atoms with E-state index in [0.29, 0.717) is 18.2 Å². The van der Waals surface area contributed by atoms with Crippen molar-refractivity contribution in [3.05, 3.63) is 82.7 Å². The van der Waals surface area contributed by atoms with Gasteiger partial charge in [-0.2, -0.15) is 0 Å². The Balaban J connectivity index is 1.73. The van der Waals surface area contributed by atoms with Crippen LogP contribution < -0.4 is 10.6 Å². The van der Waals surface area contributed by atoms with Crippen LogP contribution in [0.4, 0.5) is 11.6 Å². The van der Waals surface area contributed by atoms with Gasteiger partial charge in [0.25, 0.3) is 5.91 Å². The number of aryl methyl sites for hydroxylation is 3. The second-order valence-electron chi connectivity index (χ2n) is 6.33. The van der Waals surface area contributed by atoms with Gasteiger partial charge in [-0.15, -0.1) is 0 Å². The highest BCUT2D eigenvalue weighted by atomic mass is 16.1. The minimum absolute atomic E-state index is 0.247. The second kappa shape index (κ2) is 7.78. The zero-order valence-electron chi connectivity index (χ0n) is 15.2. The standard InChI is InChI=1S/C21H22N4O/c1-14-8-10-17(11-9-14)13-22-21-23-16(3)12-19(25-21)20(26)24-18-7-5-4-6-15(18)2/h4-12H,13H2,1-3H3,(H,24,26)(H,22,23,25). The lowest BCUT2D eigenvalue weighted by Crippen LogP contribution is -2.16. The third-order valence-electron chi connectivity index (χ3n) is 4.05. The van der Waals surface area contributed by atoms with Crippen molar-refractivity contribution < 1.29 is 4.79 Å². The van der Waals surface area contributed by atoms with Crippen LogP contribution in [0.15, 0.2) is 54.6 Å². The van der Waals surface area contributed by atoms with E-state index < -0.39 is 0 Å². The molecule has 0 fully saturated rings. The Morgan fingerprint density at radius 2 is 1.69 bits per heavy atom. The monoisotopic (exact) mass is 346 g/mol. The summed E-state index contributed by atoms with van der Waals surface area (Å²) in [7, 11) is 0. The summed E-state index contributed by atoms with van der Waals surface area (Å²) in [5.74, 6) is 0.198. The Bertz CT molecular complexity index is 920. The van der Waals surface area contributed by atoms with E-state index in [0.717, 1.165) is 22.5 Å². The summed E-state index contributed by atoms with van der Waals surface area (Å²) in [5.41, 5.74) is 5.21. The summed E-state index contributed by atoms with van der Waals surface area (Å²) in [5, 5.41) is 6.09. The predicted molar refractivity (Wildman–Crippen MR) is 104 cm³/mol. The van der Waals surface area contributed by atoms with Crippen LogP contribution in [0.5, 0.6) is 0 Å². The van der Waals surface area contributed by atoms with Gasteiger partial charge in [0.1, 0.15) is 5.69 Å². The van der Waals surface area contributed by atoms with Gasteiger partial charge >= 0.3 is 0 Å². The average molecular weight is 346 g/mol. The molecule has 1 heterocycles. The number of amides is 1. The average Bonchev–Trinajstić information content (AvgIpc) is 2.63. The summed E-state index contributed by atoms with van der Waals surface area (Å²) in [4.78, 5) is 21.3. The van der Waals surface area contributed by atoms with Gasteiger partial charge in [0, 0.05) is 17.9 Å². The fourth-order valence-electron chi connectivity index (χ4n) is 2.55. The van der Waals surface area contributed by atoms with E-state index in [1.807, 2.05) is 38.1 Å². The number of anilines is 2. The molecule has 2 aromatic carbocycles. The number of para-hydroxylation sites is 1. The van der Waals surface area contributed by atoms with Crippen molar-refractivity contribution in [2.24, 2.45) is 0 Å². The Hall–Kier alpha value is -3.21. The number of aromatic nitrogens is 2. The van der Waals surface area contributed by atoms with E-state index in [1.165, 1.54) is 5.56 Å². The third-order valence-corrected chi connectivity index (χ3v) is 4.05. The quantitative estimate of drug-likeness (QED) is 0.724. The topological polar surface area (TPSA) is 66.9 Å². The molecule has 0 saturated carbocycles. The van der Waals surface area contributed by atoms with Gasteiger partial charge in [-0.05, 0) is 44.0 Å². The Morgan fingerprint density at radius 3 is 2.42 bits per heavy atom. The molecule has 0 spiro atoms. The smallest absolute Gasteiger partial charge is 0.274 e. The van der Waals surface area contributed by atoms with Crippen molar-refractivity contribution in [3.8, 4) is 0 Å². The molecule has 0 radical (unpaired) electrons. The van der Waals surface area contributed by atoms with Crippen LogP contribution in [-0.2, 0) is 6.54 Å². The molecule has 2 N–H and O–H groups in total. The molecule has 132 valence electrons. The minimum Gasteiger partial charge on any atom is -0.350 e. The number of benzene rings is 2. The van der Waals surface area contributed by atoms with E-state index >= 15 is 0 Å². The normalized spacial score (nSPS) is 10.4. The molecule has 0 unspecified atom stereocenters. The van der Waals surface area contributed by atoms with Gasteiger partial charge in [-0.3, -0.25) is 4.79 Å². The van der Waals surface area contributed by atoms with Crippen LogP contribution in [0.25, 0.3) is 0 Å². The molecule has 0 aliphatic heterocycles. The number of rotatable bonds is 5. The maximum atomic E-state index is 12.6. The lowest BCUT2D eigenvalue weighted by atomic mass is 10.1. The van der Waals surface area contributed by atoms with E-state index in [4.69, 9.17) is 0 Å². The number of hydrogen-bond acceptors (Lipinski definition) is 4. The molecule has 3 rings (SSSR count). The highest BCUT2D eigenvalue weighted by Crippen LogP contribution is 2.15. The lowest BCUT2D eigenvalue weighted by molar-refractivity contribution is 0.102. The zero-order valence-corrected chi connectivity index (χ0v) is 15.2. The van der Waals surface area contributed by atoms with Crippen LogP contribution in [0, 0.1) is 20.8 Å². The number of nitrogens with one attached hydrogen (secondary N) is 2. The molecule has 26 heavy (non-hydrogen) atoms. The molecule has 0 atom stereocenters. The van der Waals surface area contributed by atoms with Gasteiger partial charge in [0.15, 0.2) is 0 Å². The van der Waals surface area contributed by atoms with Gasteiger partial charge in [-0.1, -0.05) is 48.0 Å². The number of carbonyl (C=O) groups is 1. The SMILES string of the molecule is Cc1ccc(CNc2nc(C)cc(C(=O)Nc3ccccc3C)n2)cc1. The first-order chi connectivity index (χ1) is 12.5. The largest absolute Gasteiger partial charge is 0.350 e. The molecular formula is C21H22N4O. The van der Waals surface area contributed by atoms with Crippen LogP contribution in [0.1, 0.15) is 32.9 Å². The van der Waals surface area contributed by atoms with E-state index in [1.54, 1.807) is 6.07 Å². The van der Waals surface area contributed by atoms with Crippen molar-refractivity contribution in [1.29, 1.82) is 0 Å². The van der Waals surface area contributed by atoms with Crippen LogP contribution in [-0.4, -0.2) is 15.9 Å². The minimum atomic E-state index is -0.247. The van der Waals surface area contributed by atoms with E-state index in [2.05, 4.69) is 51.8 Å². The van der Waals surface area contributed by atoms with Crippen molar-refractivity contribution in [2.75, 3.05) is 10.6 Å². The highest BCUT2D eigenvalue weighted by Gasteiger charge is 2.12. The zero-order chi connectivity index (χ0) is 18.5. The van der Waals surface area contributed by atoms with Gasteiger partial charge in [0.2, 0.25) is 5.95 Å². The summed E-state index contributed by atoms with van der Waals surface area (Å²) in [6.07, 6.45) is 0.